The Labute approximate surface area is 99.8 Å². The molecule has 7 heteroatoms. The van der Waals surface area contributed by atoms with E-state index in [0.29, 0.717) is 25.3 Å². The molecule has 0 aromatic carbocycles. The number of ether oxygens (including phenoxy) is 1. The van der Waals surface area contributed by atoms with Crippen LogP contribution in [0, 0.1) is 0 Å². The topological polar surface area (TPSA) is 89.3 Å². The van der Waals surface area contributed by atoms with E-state index >= 15 is 0 Å². The molecule has 7 nitrogen and oxygen atoms in total. The molecule has 0 spiro atoms. The number of carbonyl (C=O) groups is 1. The number of aromatic nitrogens is 3. The summed E-state index contributed by atoms with van der Waals surface area (Å²) in [5, 5.41) is 19.3. The molecule has 0 aliphatic heterocycles. The van der Waals surface area contributed by atoms with Gasteiger partial charge in [0.2, 0.25) is 0 Å². The number of carbonyl (C=O) groups excluding carboxylic acids is 1. The second-order valence-electron chi connectivity index (χ2n) is 3.46. The van der Waals surface area contributed by atoms with Gasteiger partial charge in [0.15, 0.2) is 6.04 Å². The number of aliphatic hydroxyl groups excluding tert-OH is 1. The first-order chi connectivity index (χ1) is 8.22. The number of likely N-dealkylation sites (N-methyl/N-ethyl adjacent to an activating group) is 1. The van der Waals surface area contributed by atoms with Crippen LogP contribution in [-0.2, 0) is 16.1 Å². The molecule has 1 atom stereocenters. The fourth-order valence-corrected chi connectivity index (χ4v) is 1.40. The molecular weight excluding hydrogens is 224 g/mol. The molecule has 0 amide bonds. The second kappa shape index (κ2) is 6.97. The van der Waals surface area contributed by atoms with Crippen LogP contribution in [0.3, 0.4) is 0 Å². The van der Waals surface area contributed by atoms with E-state index in [-0.39, 0.29) is 12.6 Å². The molecule has 0 saturated heterocycles. The van der Waals surface area contributed by atoms with Crippen LogP contribution in [0.15, 0.2) is 6.20 Å². The van der Waals surface area contributed by atoms with E-state index in [4.69, 9.17) is 9.84 Å². The standard InChI is InChI=1S/C10H18N4O3/c1-3-17-10(16)9(11-2)8-7-14(13-12-8)5-4-6-15/h7,9,11,15H,3-6H2,1-2H3. The highest BCUT2D eigenvalue weighted by Crippen LogP contribution is 2.10. The average molecular weight is 242 g/mol. The Hall–Kier alpha value is -1.47. The number of hydrogen-bond acceptors (Lipinski definition) is 6. The molecule has 1 aromatic heterocycles. The minimum absolute atomic E-state index is 0.0997. The lowest BCUT2D eigenvalue weighted by Gasteiger charge is -2.11. The van der Waals surface area contributed by atoms with Crippen LogP contribution in [0.2, 0.25) is 0 Å². The molecular formula is C10H18N4O3. The zero-order valence-corrected chi connectivity index (χ0v) is 10.1. The van der Waals surface area contributed by atoms with Crippen molar-refractivity contribution in [3.63, 3.8) is 0 Å². The van der Waals surface area contributed by atoms with Gasteiger partial charge in [-0.2, -0.15) is 0 Å². The summed E-state index contributed by atoms with van der Waals surface area (Å²) in [6, 6.07) is -0.599. The van der Waals surface area contributed by atoms with Gasteiger partial charge in [0.25, 0.3) is 0 Å². The SMILES string of the molecule is CCOC(=O)C(NC)c1cn(CCCO)nn1. The monoisotopic (exact) mass is 242 g/mol. The van der Waals surface area contributed by atoms with Crippen molar-refractivity contribution in [2.24, 2.45) is 0 Å². The van der Waals surface area contributed by atoms with Gasteiger partial charge < -0.3 is 15.2 Å². The maximum atomic E-state index is 11.6. The fourth-order valence-electron chi connectivity index (χ4n) is 1.40. The third-order valence-electron chi connectivity index (χ3n) is 2.21. The van der Waals surface area contributed by atoms with Crippen LogP contribution >= 0.6 is 0 Å². The minimum atomic E-state index is -0.599. The molecule has 0 radical (unpaired) electrons. The summed E-state index contributed by atoms with van der Waals surface area (Å²) in [7, 11) is 1.66. The van der Waals surface area contributed by atoms with Crippen LogP contribution in [0.1, 0.15) is 25.1 Å². The number of esters is 1. The molecule has 1 heterocycles. The highest BCUT2D eigenvalue weighted by atomic mass is 16.5. The van der Waals surface area contributed by atoms with Gasteiger partial charge in [-0.1, -0.05) is 5.21 Å². The number of nitrogens with zero attached hydrogens (tertiary/aromatic N) is 3. The van der Waals surface area contributed by atoms with Crippen LogP contribution in [-0.4, -0.2) is 46.3 Å². The van der Waals surface area contributed by atoms with Crippen molar-refractivity contribution < 1.29 is 14.6 Å². The van der Waals surface area contributed by atoms with Gasteiger partial charge >= 0.3 is 5.97 Å². The second-order valence-corrected chi connectivity index (χ2v) is 3.46. The van der Waals surface area contributed by atoms with E-state index in [1.54, 1.807) is 24.9 Å². The largest absolute Gasteiger partial charge is 0.465 e. The fraction of sp³-hybridized carbons (Fsp3) is 0.700. The Morgan fingerprint density at radius 1 is 1.71 bits per heavy atom. The smallest absolute Gasteiger partial charge is 0.329 e. The van der Waals surface area contributed by atoms with E-state index < -0.39 is 6.04 Å². The lowest BCUT2D eigenvalue weighted by atomic mass is 10.2. The first-order valence-electron chi connectivity index (χ1n) is 5.57. The van der Waals surface area contributed by atoms with Crippen LogP contribution < -0.4 is 5.32 Å². The highest BCUT2D eigenvalue weighted by Gasteiger charge is 2.22. The van der Waals surface area contributed by atoms with Gasteiger partial charge in [0, 0.05) is 13.2 Å². The lowest BCUT2D eigenvalue weighted by molar-refractivity contribution is -0.145. The summed E-state index contributed by atoms with van der Waals surface area (Å²) >= 11 is 0. The van der Waals surface area contributed by atoms with E-state index in [1.807, 2.05) is 0 Å². The summed E-state index contributed by atoms with van der Waals surface area (Å²) in [6.07, 6.45) is 2.28. The van der Waals surface area contributed by atoms with E-state index in [1.165, 1.54) is 0 Å². The summed E-state index contributed by atoms with van der Waals surface area (Å²) in [4.78, 5) is 11.6. The summed E-state index contributed by atoms with van der Waals surface area (Å²) < 4.78 is 6.51. The van der Waals surface area contributed by atoms with Gasteiger partial charge in [-0.3, -0.25) is 4.68 Å². The predicted octanol–water partition coefficient (Wildman–Crippen LogP) is -0.516. The van der Waals surface area contributed by atoms with Crippen molar-refractivity contribution in [2.45, 2.75) is 25.9 Å². The van der Waals surface area contributed by atoms with Crippen LogP contribution in [0.25, 0.3) is 0 Å². The molecule has 1 unspecified atom stereocenters. The maximum Gasteiger partial charge on any atom is 0.329 e. The normalized spacial score (nSPS) is 12.4. The zero-order chi connectivity index (χ0) is 12.7. The number of hydrogen-bond donors (Lipinski definition) is 2. The van der Waals surface area contributed by atoms with Crippen molar-refractivity contribution in [3.8, 4) is 0 Å². The lowest BCUT2D eigenvalue weighted by Crippen LogP contribution is -2.27. The van der Waals surface area contributed by atoms with Gasteiger partial charge in [0.1, 0.15) is 5.69 Å². The Morgan fingerprint density at radius 3 is 3.06 bits per heavy atom. The van der Waals surface area contributed by atoms with Gasteiger partial charge in [-0.05, 0) is 20.4 Å². The number of aliphatic hydroxyl groups is 1. The van der Waals surface area contributed by atoms with E-state index in [0.717, 1.165) is 0 Å². The predicted molar refractivity (Wildman–Crippen MR) is 60.2 cm³/mol. The van der Waals surface area contributed by atoms with Gasteiger partial charge in [0.05, 0.1) is 12.8 Å². The van der Waals surface area contributed by atoms with E-state index in [2.05, 4.69) is 15.6 Å². The number of nitrogens with one attached hydrogen (secondary N) is 1. The molecule has 0 aliphatic carbocycles. The van der Waals surface area contributed by atoms with Gasteiger partial charge in [-0.25, -0.2) is 4.79 Å². The molecule has 2 N–H and O–H groups in total. The van der Waals surface area contributed by atoms with Crippen molar-refractivity contribution in [1.29, 1.82) is 0 Å². The van der Waals surface area contributed by atoms with Crippen LogP contribution in [0.4, 0.5) is 0 Å². The highest BCUT2D eigenvalue weighted by molar-refractivity contribution is 5.76. The molecule has 0 bridgehead atoms. The van der Waals surface area contributed by atoms with Crippen LogP contribution in [0.5, 0.6) is 0 Å². The molecule has 0 saturated carbocycles. The zero-order valence-electron chi connectivity index (χ0n) is 10.1. The van der Waals surface area contributed by atoms with Crippen molar-refractivity contribution in [2.75, 3.05) is 20.3 Å². The Balaban J connectivity index is 2.68. The summed E-state index contributed by atoms with van der Waals surface area (Å²) in [6.45, 7) is 2.75. The summed E-state index contributed by atoms with van der Waals surface area (Å²) in [5.74, 6) is -0.371. The summed E-state index contributed by atoms with van der Waals surface area (Å²) in [5.41, 5.74) is 0.517. The number of aryl methyl sites for hydroxylation is 1. The molecule has 17 heavy (non-hydrogen) atoms. The molecule has 1 aromatic rings. The third kappa shape index (κ3) is 3.79. The Bertz CT molecular complexity index is 353. The average Bonchev–Trinajstić information content (AvgIpc) is 2.76. The number of rotatable bonds is 7. The minimum Gasteiger partial charge on any atom is -0.465 e. The quantitative estimate of drug-likeness (QED) is 0.626. The van der Waals surface area contributed by atoms with Crippen molar-refractivity contribution in [1.82, 2.24) is 20.3 Å². The third-order valence-corrected chi connectivity index (χ3v) is 2.21. The molecule has 96 valence electrons. The molecule has 1 rings (SSSR count). The first-order valence-corrected chi connectivity index (χ1v) is 5.57. The van der Waals surface area contributed by atoms with E-state index in [9.17, 15) is 4.79 Å². The van der Waals surface area contributed by atoms with Crippen molar-refractivity contribution in [3.05, 3.63) is 11.9 Å². The Kier molecular flexibility index (Phi) is 5.58. The van der Waals surface area contributed by atoms with Crippen molar-refractivity contribution >= 4 is 5.97 Å². The maximum absolute atomic E-state index is 11.6. The molecule has 0 aliphatic rings. The first kappa shape index (κ1) is 13.6. The van der Waals surface area contributed by atoms with Gasteiger partial charge in [-0.15, -0.1) is 5.10 Å². The Morgan fingerprint density at radius 2 is 2.47 bits per heavy atom. The molecule has 0 fully saturated rings.